The number of halogens is 6. The fourth-order valence-electron chi connectivity index (χ4n) is 4.58. The van der Waals surface area contributed by atoms with E-state index in [9.17, 15) is 35.9 Å². The topological polar surface area (TPSA) is 92.1 Å². The molecule has 1 fully saturated rings. The third kappa shape index (κ3) is 5.42. The molecule has 13 heteroatoms. The highest BCUT2D eigenvalue weighted by molar-refractivity contribution is 5.97. The number of nitrogens with one attached hydrogen (secondary N) is 1. The van der Waals surface area contributed by atoms with E-state index in [-0.39, 0.29) is 28.7 Å². The number of carbonyl (C=O) groups excluding carboxylic acids is 1. The van der Waals surface area contributed by atoms with Gasteiger partial charge in [0.25, 0.3) is 5.91 Å². The van der Waals surface area contributed by atoms with Gasteiger partial charge in [-0.1, -0.05) is 12.1 Å². The van der Waals surface area contributed by atoms with Gasteiger partial charge in [-0.05, 0) is 59.5 Å². The Morgan fingerprint density at radius 3 is 2.28 bits per heavy atom. The summed E-state index contributed by atoms with van der Waals surface area (Å²) in [5.74, 6) is -1.75. The normalized spacial score (nSPS) is 16.1. The van der Waals surface area contributed by atoms with E-state index >= 15 is 0 Å². The van der Waals surface area contributed by atoms with Crippen LogP contribution in [0.4, 0.5) is 26.3 Å². The van der Waals surface area contributed by atoms with Crippen LogP contribution in [0.5, 0.6) is 0 Å². The highest BCUT2D eigenvalue weighted by Gasteiger charge is 2.37. The molecule has 1 amide bonds. The number of aromatic nitrogens is 3. The van der Waals surface area contributed by atoms with Crippen molar-refractivity contribution in [1.29, 1.82) is 0 Å². The van der Waals surface area contributed by atoms with Gasteiger partial charge in [-0.3, -0.25) is 9.78 Å². The number of benzene rings is 2. The Morgan fingerprint density at radius 1 is 0.974 bits per heavy atom. The number of alkyl halides is 6. The molecule has 1 unspecified atom stereocenters. The SMILES string of the molecule is O=C(c1ccc(-c2cc(C(F)(F)F)cc(C(F)(F)F)c2)c(-c2n[nH]c(=O)o2)c1)N1CCC(c2cccnc2)C1. The zero-order valence-electron chi connectivity index (χ0n) is 19.8. The van der Waals surface area contributed by atoms with Crippen molar-refractivity contribution in [2.24, 2.45) is 0 Å². The number of aromatic amines is 1. The second kappa shape index (κ2) is 9.71. The van der Waals surface area contributed by atoms with Crippen LogP contribution < -0.4 is 5.76 Å². The number of carbonyl (C=O) groups is 1. The average molecular weight is 548 g/mol. The Hall–Kier alpha value is -4.42. The van der Waals surface area contributed by atoms with E-state index < -0.39 is 46.6 Å². The lowest BCUT2D eigenvalue weighted by molar-refractivity contribution is -0.143. The van der Waals surface area contributed by atoms with E-state index in [1.807, 2.05) is 11.2 Å². The molecule has 2 aromatic carbocycles. The molecule has 0 spiro atoms. The molecule has 1 atom stereocenters. The first-order valence-corrected chi connectivity index (χ1v) is 11.6. The molecule has 3 heterocycles. The third-order valence-electron chi connectivity index (χ3n) is 6.46. The fourth-order valence-corrected chi connectivity index (χ4v) is 4.58. The summed E-state index contributed by atoms with van der Waals surface area (Å²) in [5, 5.41) is 5.70. The molecule has 0 radical (unpaired) electrons. The number of H-pyrrole nitrogens is 1. The van der Waals surface area contributed by atoms with E-state index in [0.29, 0.717) is 31.6 Å². The molecule has 1 aliphatic heterocycles. The summed E-state index contributed by atoms with van der Waals surface area (Å²) in [7, 11) is 0. The first kappa shape index (κ1) is 26.2. The van der Waals surface area contributed by atoms with E-state index in [2.05, 4.69) is 10.1 Å². The molecular weight excluding hydrogens is 530 g/mol. The summed E-state index contributed by atoms with van der Waals surface area (Å²) in [4.78, 5) is 30.6. The zero-order valence-corrected chi connectivity index (χ0v) is 19.8. The minimum absolute atomic E-state index is 0.0157. The van der Waals surface area contributed by atoms with Crippen molar-refractivity contribution in [2.75, 3.05) is 13.1 Å². The predicted octanol–water partition coefficient (Wildman–Crippen LogP) is 5.76. The molecule has 1 saturated heterocycles. The maximum Gasteiger partial charge on any atom is 0.434 e. The summed E-state index contributed by atoms with van der Waals surface area (Å²) in [6.07, 6.45) is -6.09. The highest BCUT2D eigenvalue weighted by atomic mass is 19.4. The Kier molecular flexibility index (Phi) is 6.52. The second-order valence-corrected chi connectivity index (χ2v) is 9.00. The van der Waals surface area contributed by atoms with Crippen molar-refractivity contribution in [3.8, 4) is 22.6 Å². The standard InChI is InChI=1S/C26H18F6N4O3/c27-25(28,29)18-8-17(9-19(11-18)26(30,31)32)20-4-3-14(10-21(20)22-34-35-24(38)39-22)23(37)36-7-5-16(13-36)15-2-1-6-33-12-15/h1-4,6,8-12,16H,5,7,13H2,(H,35,38). The van der Waals surface area contributed by atoms with Crippen LogP contribution >= 0.6 is 0 Å². The van der Waals surface area contributed by atoms with Gasteiger partial charge >= 0.3 is 18.1 Å². The maximum absolute atomic E-state index is 13.5. The molecule has 7 nitrogen and oxygen atoms in total. The molecule has 0 saturated carbocycles. The summed E-state index contributed by atoms with van der Waals surface area (Å²) in [6, 6.07) is 8.57. The van der Waals surface area contributed by atoms with Crippen LogP contribution in [0.15, 0.2) is 70.1 Å². The first-order chi connectivity index (χ1) is 18.4. The van der Waals surface area contributed by atoms with E-state index in [4.69, 9.17) is 4.42 Å². The number of hydrogen-bond acceptors (Lipinski definition) is 5. The number of pyridine rings is 1. The molecular formula is C26H18F6N4O3. The smallest absolute Gasteiger partial charge is 0.388 e. The third-order valence-corrected chi connectivity index (χ3v) is 6.46. The van der Waals surface area contributed by atoms with Gasteiger partial charge in [0.15, 0.2) is 0 Å². The fraction of sp³-hybridized carbons (Fsp3) is 0.231. The maximum atomic E-state index is 13.5. The van der Waals surface area contributed by atoms with Gasteiger partial charge in [0.1, 0.15) is 0 Å². The summed E-state index contributed by atoms with van der Waals surface area (Å²) in [5.41, 5.74) is -2.69. The van der Waals surface area contributed by atoms with Crippen molar-refractivity contribution < 1.29 is 35.6 Å². The summed E-state index contributed by atoms with van der Waals surface area (Å²) in [6.45, 7) is 0.817. The Bertz CT molecular complexity index is 1540. The average Bonchev–Trinajstić information content (AvgIpc) is 3.57. The van der Waals surface area contributed by atoms with Crippen LogP contribution in [0.2, 0.25) is 0 Å². The number of amides is 1. The monoisotopic (exact) mass is 548 g/mol. The van der Waals surface area contributed by atoms with Crippen LogP contribution in [0.1, 0.15) is 39.4 Å². The highest BCUT2D eigenvalue weighted by Crippen LogP contribution is 2.41. The minimum Gasteiger partial charge on any atom is -0.388 e. The minimum atomic E-state index is -5.06. The van der Waals surface area contributed by atoms with E-state index in [1.165, 1.54) is 18.2 Å². The number of likely N-dealkylation sites (tertiary alicyclic amines) is 1. The molecule has 202 valence electrons. The molecule has 1 aliphatic rings. The van der Waals surface area contributed by atoms with Crippen molar-refractivity contribution in [3.05, 3.63) is 93.7 Å². The van der Waals surface area contributed by atoms with E-state index in [1.54, 1.807) is 23.4 Å². The Labute approximate surface area is 216 Å². The van der Waals surface area contributed by atoms with Crippen molar-refractivity contribution >= 4 is 5.91 Å². The van der Waals surface area contributed by atoms with Crippen LogP contribution in [-0.4, -0.2) is 39.1 Å². The quantitative estimate of drug-likeness (QED) is 0.328. The molecule has 39 heavy (non-hydrogen) atoms. The van der Waals surface area contributed by atoms with Crippen LogP contribution in [-0.2, 0) is 12.4 Å². The summed E-state index contributed by atoms with van der Waals surface area (Å²) < 4.78 is 85.8. The van der Waals surface area contributed by atoms with Crippen molar-refractivity contribution in [1.82, 2.24) is 20.1 Å². The van der Waals surface area contributed by atoms with Gasteiger partial charge in [0.05, 0.1) is 11.1 Å². The van der Waals surface area contributed by atoms with Crippen molar-refractivity contribution in [3.63, 3.8) is 0 Å². The number of rotatable bonds is 4. The van der Waals surface area contributed by atoms with Gasteiger partial charge in [0.2, 0.25) is 5.89 Å². The molecule has 0 bridgehead atoms. The predicted molar refractivity (Wildman–Crippen MR) is 125 cm³/mol. The van der Waals surface area contributed by atoms with Crippen LogP contribution in [0.25, 0.3) is 22.6 Å². The largest absolute Gasteiger partial charge is 0.434 e. The molecule has 0 aliphatic carbocycles. The summed E-state index contributed by atoms with van der Waals surface area (Å²) >= 11 is 0. The van der Waals surface area contributed by atoms with Gasteiger partial charge in [-0.2, -0.15) is 26.3 Å². The van der Waals surface area contributed by atoms with Gasteiger partial charge in [0, 0.05) is 42.5 Å². The Morgan fingerprint density at radius 2 is 1.69 bits per heavy atom. The Balaban J connectivity index is 1.57. The number of hydrogen-bond donors (Lipinski definition) is 1. The molecule has 2 aromatic heterocycles. The van der Waals surface area contributed by atoms with Gasteiger partial charge in [-0.15, -0.1) is 5.10 Å². The second-order valence-electron chi connectivity index (χ2n) is 9.00. The van der Waals surface area contributed by atoms with E-state index in [0.717, 1.165) is 5.56 Å². The molecule has 1 N–H and O–H groups in total. The molecule has 4 aromatic rings. The van der Waals surface area contributed by atoms with Crippen LogP contribution in [0, 0.1) is 0 Å². The van der Waals surface area contributed by atoms with Gasteiger partial charge < -0.3 is 9.32 Å². The van der Waals surface area contributed by atoms with Gasteiger partial charge in [-0.25, -0.2) is 9.89 Å². The number of nitrogens with zero attached hydrogens (tertiary/aromatic N) is 3. The lowest BCUT2D eigenvalue weighted by Gasteiger charge is -2.19. The lowest BCUT2D eigenvalue weighted by Crippen LogP contribution is -2.28. The molecule has 5 rings (SSSR count). The van der Waals surface area contributed by atoms with Crippen LogP contribution in [0.3, 0.4) is 0 Å². The zero-order chi connectivity index (χ0) is 27.9. The lowest BCUT2D eigenvalue weighted by atomic mass is 9.93. The van der Waals surface area contributed by atoms with Crippen molar-refractivity contribution in [2.45, 2.75) is 24.7 Å². The first-order valence-electron chi connectivity index (χ1n) is 11.6.